The van der Waals surface area contributed by atoms with E-state index in [0.717, 1.165) is 0 Å². The lowest BCUT2D eigenvalue weighted by molar-refractivity contribution is -0.278. The third-order valence-corrected chi connectivity index (χ3v) is 7.15. The number of methoxy groups -OCH3 is 1. The molecule has 0 unspecified atom stereocenters. The van der Waals surface area contributed by atoms with Crippen LogP contribution in [0.2, 0.25) is 0 Å². The lowest BCUT2D eigenvalue weighted by atomic mass is 9.99. The zero-order valence-corrected chi connectivity index (χ0v) is 21.5. The monoisotopic (exact) mass is 582 g/mol. The minimum Gasteiger partial charge on any atom is -0.497 e. The maximum Gasteiger partial charge on any atom is 0.344 e. The van der Waals surface area contributed by atoms with Gasteiger partial charge in [0.05, 0.1) is 31.1 Å². The maximum absolute atomic E-state index is 12.9. The normalized spacial score (nSPS) is 34.1. The molecule has 2 aliphatic heterocycles. The van der Waals surface area contributed by atoms with E-state index >= 15 is 0 Å². The average molecular weight is 583 g/mol. The largest absolute Gasteiger partial charge is 0.497 e. The summed E-state index contributed by atoms with van der Waals surface area (Å²) in [5, 5.41) is 81.3. The summed E-state index contributed by atoms with van der Waals surface area (Å²) in [6.07, 6.45) is -16.0. The molecule has 3 heterocycles. The SMILES string of the molecule is COc1ccc2c(c1)c(=O)oc1cc(O[C@@H]3O[C@H](CO)[C@@H](O)[C@H](O)[C@H]3O)cc(O[C@@H]3O[C@H](CO)[C@@H](O)[C@H](O)[C@H]3O)c12. The van der Waals surface area contributed by atoms with Crippen LogP contribution >= 0.6 is 0 Å². The fourth-order valence-corrected chi connectivity index (χ4v) is 4.85. The van der Waals surface area contributed by atoms with E-state index in [1.54, 1.807) is 12.1 Å². The molecule has 2 fully saturated rings. The third-order valence-electron chi connectivity index (χ3n) is 7.15. The minimum absolute atomic E-state index is 0.0886. The summed E-state index contributed by atoms with van der Waals surface area (Å²) >= 11 is 0. The van der Waals surface area contributed by atoms with E-state index < -0.39 is 80.3 Å². The van der Waals surface area contributed by atoms with Gasteiger partial charge in [0.1, 0.15) is 71.7 Å². The van der Waals surface area contributed by atoms with Crippen molar-refractivity contribution in [3.05, 3.63) is 40.8 Å². The number of aliphatic hydroxyl groups excluding tert-OH is 8. The van der Waals surface area contributed by atoms with Crippen LogP contribution in [0.3, 0.4) is 0 Å². The maximum atomic E-state index is 12.9. The van der Waals surface area contributed by atoms with E-state index in [4.69, 9.17) is 28.1 Å². The Morgan fingerprint density at radius 2 is 1.29 bits per heavy atom. The van der Waals surface area contributed by atoms with Crippen LogP contribution in [0, 0.1) is 0 Å². The fraction of sp³-hybridized carbons (Fsp3) is 0.500. The summed E-state index contributed by atoms with van der Waals surface area (Å²) in [5.74, 6) is 0.103. The summed E-state index contributed by atoms with van der Waals surface area (Å²) in [7, 11) is 1.42. The van der Waals surface area contributed by atoms with Gasteiger partial charge in [-0.3, -0.25) is 0 Å². The Bertz CT molecular complexity index is 1440. The van der Waals surface area contributed by atoms with Crippen molar-refractivity contribution in [1.82, 2.24) is 0 Å². The van der Waals surface area contributed by atoms with Gasteiger partial charge < -0.3 is 69.0 Å². The molecule has 0 amide bonds. The van der Waals surface area contributed by atoms with E-state index in [-0.39, 0.29) is 27.9 Å². The Balaban J connectivity index is 1.61. The molecule has 0 radical (unpaired) electrons. The van der Waals surface area contributed by atoms with Gasteiger partial charge >= 0.3 is 5.63 Å². The standard InChI is InChI=1S/C26H30O15/c1-36-9-2-3-11-12(4-9)24(35)38-13-5-10(37-25-22(33)20(31)18(29)15(7-27)40-25)6-14(17(11)13)39-26-23(34)21(32)19(30)16(8-28)41-26/h2-6,15-16,18-23,25-34H,7-8H2,1H3/t15-,16-,18-,19-,20+,21+,22-,23-,25-,26-/m1/s1. The van der Waals surface area contributed by atoms with Crippen molar-refractivity contribution in [2.75, 3.05) is 20.3 Å². The highest BCUT2D eigenvalue weighted by Gasteiger charge is 2.46. The Morgan fingerprint density at radius 3 is 1.85 bits per heavy atom. The van der Waals surface area contributed by atoms with Crippen molar-refractivity contribution < 1.29 is 69.0 Å². The molecule has 224 valence electrons. The van der Waals surface area contributed by atoms with E-state index in [2.05, 4.69) is 0 Å². The Kier molecular flexibility index (Phi) is 8.36. The fourth-order valence-electron chi connectivity index (χ4n) is 4.85. The predicted molar refractivity (Wildman–Crippen MR) is 135 cm³/mol. The van der Waals surface area contributed by atoms with Crippen molar-refractivity contribution in [2.45, 2.75) is 61.4 Å². The van der Waals surface area contributed by atoms with Gasteiger partial charge in [-0.1, -0.05) is 0 Å². The molecule has 5 rings (SSSR count). The molecule has 10 atom stereocenters. The molecule has 15 nitrogen and oxygen atoms in total. The van der Waals surface area contributed by atoms with Gasteiger partial charge in [-0.2, -0.15) is 0 Å². The molecule has 1 aromatic heterocycles. The number of hydrogen-bond donors (Lipinski definition) is 8. The molecule has 2 saturated heterocycles. The van der Waals surface area contributed by atoms with Gasteiger partial charge in [-0.25, -0.2) is 4.79 Å². The number of aliphatic hydroxyl groups is 8. The zero-order chi connectivity index (χ0) is 29.6. The topological polar surface area (TPSA) is 238 Å². The lowest BCUT2D eigenvalue weighted by Crippen LogP contribution is -2.60. The first kappa shape index (κ1) is 29.4. The molecule has 0 bridgehead atoms. The van der Waals surface area contributed by atoms with E-state index in [9.17, 15) is 45.6 Å². The molecule has 2 aromatic carbocycles. The molecule has 3 aromatic rings. The van der Waals surface area contributed by atoms with E-state index in [1.165, 1.54) is 25.3 Å². The van der Waals surface area contributed by atoms with Crippen molar-refractivity contribution >= 4 is 21.7 Å². The Labute approximate surface area is 230 Å². The second-order valence-corrected chi connectivity index (χ2v) is 9.73. The highest BCUT2D eigenvalue weighted by molar-refractivity contribution is 6.08. The zero-order valence-electron chi connectivity index (χ0n) is 21.5. The van der Waals surface area contributed by atoms with Crippen LogP contribution in [0.5, 0.6) is 17.2 Å². The third kappa shape index (κ3) is 5.32. The van der Waals surface area contributed by atoms with Crippen LogP contribution in [0.1, 0.15) is 0 Å². The van der Waals surface area contributed by atoms with Crippen molar-refractivity contribution in [3.63, 3.8) is 0 Å². The summed E-state index contributed by atoms with van der Waals surface area (Å²) in [5.41, 5.74) is -0.843. The van der Waals surface area contributed by atoms with Crippen LogP contribution < -0.4 is 19.8 Å². The highest BCUT2D eigenvalue weighted by Crippen LogP contribution is 2.39. The summed E-state index contributed by atoms with van der Waals surface area (Å²) in [6.45, 7) is -1.40. The van der Waals surface area contributed by atoms with Crippen LogP contribution in [0.4, 0.5) is 0 Å². The number of hydrogen-bond acceptors (Lipinski definition) is 15. The number of rotatable bonds is 7. The van der Waals surface area contributed by atoms with Crippen molar-refractivity contribution in [1.29, 1.82) is 0 Å². The summed E-state index contributed by atoms with van der Waals surface area (Å²) in [4.78, 5) is 12.9. The summed E-state index contributed by atoms with van der Waals surface area (Å²) < 4.78 is 33.2. The smallest absolute Gasteiger partial charge is 0.344 e. The van der Waals surface area contributed by atoms with E-state index in [1.807, 2.05) is 0 Å². The van der Waals surface area contributed by atoms with E-state index in [0.29, 0.717) is 11.1 Å². The molecule has 8 N–H and O–H groups in total. The van der Waals surface area contributed by atoms with Gasteiger partial charge in [-0.05, 0) is 18.2 Å². The van der Waals surface area contributed by atoms with Crippen molar-refractivity contribution in [3.8, 4) is 17.2 Å². The van der Waals surface area contributed by atoms with Gasteiger partial charge in [0.25, 0.3) is 0 Å². The van der Waals surface area contributed by atoms with Crippen LogP contribution in [-0.2, 0) is 9.47 Å². The highest BCUT2D eigenvalue weighted by atomic mass is 16.7. The van der Waals surface area contributed by atoms with Gasteiger partial charge in [-0.15, -0.1) is 0 Å². The molecule has 15 heteroatoms. The first-order chi connectivity index (χ1) is 19.6. The number of fused-ring (bicyclic) bond motifs is 3. The average Bonchev–Trinajstić information content (AvgIpc) is 2.97. The van der Waals surface area contributed by atoms with Gasteiger partial charge in [0, 0.05) is 17.5 Å². The Morgan fingerprint density at radius 1 is 0.707 bits per heavy atom. The summed E-state index contributed by atoms with van der Waals surface area (Å²) in [6, 6.07) is 7.11. The molecule has 0 spiro atoms. The van der Waals surface area contributed by atoms with Crippen LogP contribution in [0.25, 0.3) is 21.7 Å². The predicted octanol–water partition coefficient (Wildman–Crippen LogP) is -2.69. The minimum atomic E-state index is -1.78. The van der Waals surface area contributed by atoms with Crippen molar-refractivity contribution in [2.24, 2.45) is 0 Å². The quantitative estimate of drug-likeness (QED) is 0.105. The van der Waals surface area contributed by atoms with Gasteiger partial charge in [0.15, 0.2) is 0 Å². The second kappa shape index (κ2) is 11.7. The van der Waals surface area contributed by atoms with Crippen LogP contribution in [-0.4, -0.2) is 123 Å². The molecule has 0 aliphatic carbocycles. The molecule has 41 heavy (non-hydrogen) atoms. The number of benzene rings is 2. The first-order valence-electron chi connectivity index (χ1n) is 12.6. The molecular weight excluding hydrogens is 552 g/mol. The lowest BCUT2D eigenvalue weighted by Gasteiger charge is -2.40. The Hall–Kier alpha value is -3.09. The second-order valence-electron chi connectivity index (χ2n) is 9.73. The van der Waals surface area contributed by atoms with Gasteiger partial charge in [0.2, 0.25) is 12.6 Å². The van der Waals surface area contributed by atoms with Crippen LogP contribution in [0.15, 0.2) is 39.5 Å². The molecule has 2 aliphatic rings. The number of ether oxygens (including phenoxy) is 5. The molecule has 0 saturated carbocycles. The molecular formula is C26H30O15. The first-order valence-corrected chi connectivity index (χ1v) is 12.6.